The third kappa shape index (κ3) is 2.10. The van der Waals surface area contributed by atoms with Crippen LogP contribution >= 0.6 is 0 Å². The number of benzene rings is 2. The van der Waals surface area contributed by atoms with Gasteiger partial charge in [-0.25, -0.2) is 0 Å². The van der Waals surface area contributed by atoms with E-state index in [4.69, 9.17) is 0 Å². The third-order valence-electron chi connectivity index (χ3n) is 2.78. The van der Waals surface area contributed by atoms with Crippen LogP contribution in [0.3, 0.4) is 0 Å². The molecule has 0 N–H and O–H groups in total. The van der Waals surface area contributed by atoms with Gasteiger partial charge in [-0.1, -0.05) is 61.0 Å². The van der Waals surface area contributed by atoms with Crippen LogP contribution in [0.5, 0.6) is 0 Å². The molecule has 0 saturated heterocycles. The Morgan fingerprint density at radius 3 is 2.60 bits per heavy atom. The lowest BCUT2D eigenvalue weighted by molar-refractivity contribution is 1.11. The Morgan fingerprint density at radius 1 is 1.07 bits per heavy atom. The molecule has 0 aliphatic carbocycles. The maximum atomic E-state index is 2.28. The minimum Gasteiger partial charge on any atom is -0.0730 e. The number of hydrogen-bond donors (Lipinski definition) is 0. The Kier molecular flexibility index (Phi) is 2.86. The van der Waals surface area contributed by atoms with Gasteiger partial charge in [-0.15, -0.1) is 0 Å². The smallest absolute Gasteiger partial charge is 0.0111 e. The van der Waals surface area contributed by atoms with Crippen molar-refractivity contribution in [2.75, 3.05) is 0 Å². The first-order valence-electron chi connectivity index (χ1n) is 5.46. The Hall–Kier alpha value is -1.56. The molecule has 15 heavy (non-hydrogen) atoms. The van der Waals surface area contributed by atoms with Crippen molar-refractivity contribution in [2.24, 2.45) is 0 Å². The maximum absolute atomic E-state index is 2.28. The van der Waals surface area contributed by atoms with Crippen molar-refractivity contribution < 1.29 is 0 Å². The molecule has 0 bridgehead atoms. The number of allylic oxidation sites excluding steroid dienone is 1. The molecule has 0 radical (unpaired) electrons. The summed E-state index contributed by atoms with van der Waals surface area (Å²) < 4.78 is 0. The van der Waals surface area contributed by atoms with Gasteiger partial charge < -0.3 is 0 Å². The fraction of sp³-hybridized carbons (Fsp3) is 0.200. The molecular formula is C15H16. The number of fused-ring (bicyclic) bond motifs is 1. The van der Waals surface area contributed by atoms with E-state index < -0.39 is 0 Å². The summed E-state index contributed by atoms with van der Waals surface area (Å²) >= 11 is 0. The molecule has 2 aromatic rings. The highest BCUT2D eigenvalue weighted by molar-refractivity contribution is 5.90. The SMILES string of the molecule is CC/C(C)=C/c1cccc2ccccc12. The van der Waals surface area contributed by atoms with E-state index in [1.807, 2.05) is 0 Å². The molecule has 0 aromatic heterocycles. The lowest BCUT2D eigenvalue weighted by atomic mass is 10.0. The fourth-order valence-electron chi connectivity index (χ4n) is 1.74. The summed E-state index contributed by atoms with van der Waals surface area (Å²) in [6.07, 6.45) is 3.39. The Morgan fingerprint density at radius 2 is 1.80 bits per heavy atom. The zero-order valence-electron chi connectivity index (χ0n) is 9.33. The highest BCUT2D eigenvalue weighted by Gasteiger charge is 1.96. The molecule has 0 fully saturated rings. The highest BCUT2D eigenvalue weighted by Crippen LogP contribution is 2.21. The first-order valence-corrected chi connectivity index (χ1v) is 5.46. The van der Waals surface area contributed by atoms with Crippen molar-refractivity contribution in [3.8, 4) is 0 Å². The fourth-order valence-corrected chi connectivity index (χ4v) is 1.74. The number of rotatable bonds is 2. The molecule has 0 heteroatoms. The van der Waals surface area contributed by atoms with E-state index >= 15 is 0 Å². The van der Waals surface area contributed by atoms with E-state index in [9.17, 15) is 0 Å². The maximum Gasteiger partial charge on any atom is -0.0111 e. The van der Waals surface area contributed by atoms with Gasteiger partial charge in [0.15, 0.2) is 0 Å². The molecule has 0 unspecified atom stereocenters. The zero-order valence-corrected chi connectivity index (χ0v) is 9.33. The Bertz CT molecular complexity index is 487. The second kappa shape index (κ2) is 4.31. The minimum absolute atomic E-state index is 1.11. The summed E-state index contributed by atoms with van der Waals surface area (Å²) in [5.41, 5.74) is 2.75. The van der Waals surface area contributed by atoms with Gasteiger partial charge in [-0.05, 0) is 29.7 Å². The topological polar surface area (TPSA) is 0 Å². The Labute approximate surface area is 91.2 Å². The van der Waals surface area contributed by atoms with Crippen LogP contribution in [0.15, 0.2) is 48.0 Å². The van der Waals surface area contributed by atoms with Crippen molar-refractivity contribution >= 4 is 16.8 Å². The van der Waals surface area contributed by atoms with Crippen LogP contribution in [0.1, 0.15) is 25.8 Å². The second-order valence-corrected chi connectivity index (χ2v) is 3.91. The summed E-state index contributed by atoms with van der Waals surface area (Å²) in [5, 5.41) is 2.66. The molecule has 0 spiro atoms. The van der Waals surface area contributed by atoms with Gasteiger partial charge in [0.2, 0.25) is 0 Å². The van der Waals surface area contributed by atoms with Gasteiger partial charge in [-0.3, -0.25) is 0 Å². The van der Waals surface area contributed by atoms with E-state index in [0.29, 0.717) is 0 Å². The van der Waals surface area contributed by atoms with E-state index in [1.165, 1.54) is 21.9 Å². The molecular weight excluding hydrogens is 180 g/mol. The van der Waals surface area contributed by atoms with Crippen molar-refractivity contribution in [3.63, 3.8) is 0 Å². The van der Waals surface area contributed by atoms with Gasteiger partial charge in [-0.2, -0.15) is 0 Å². The van der Waals surface area contributed by atoms with E-state index in [2.05, 4.69) is 62.4 Å². The lowest BCUT2D eigenvalue weighted by Gasteiger charge is -2.03. The predicted octanol–water partition coefficient (Wildman–Crippen LogP) is 4.65. The van der Waals surface area contributed by atoms with Crippen LogP contribution < -0.4 is 0 Å². The summed E-state index contributed by atoms with van der Waals surface area (Å²) in [5.74, 6) is 0. The molecule has 0 atom stereocenters. The molecule has 76 valence electrons. The molecule has 0 saturated carbocycles. The number of hydrogen-bond acceptors (Lipinski definition) is 0. The summed E-state index contributed by atoms with van der Waals surface area (Å²) in [4.78, 5) is 0. The molecule has 0 amide bonds. The van der Waals surface area contributed by atoms with Crippen LogP contribution in [0.2, 0.25) is 0 Å². The predicted molar refractivity (Wildman–Crippen MR) is 67.9 cm³/mol. The normalized spacial score (nSPS) is 12.0. The van der Waals surface area contributed by atoms with Crippen LogP contribution in [-0.4, -0.2) is 0 Å². The van der Waals surface area contributed by atoms with Crippen LogP contribution in [0, 0.1) is 0 Å². The van der Waals surface area contributed by atoms with Crippen molar-refractivity contribution in [1.29, 1.82) is 0 Å². The summed E-state index contributed by atoms with van der Waals surface area (Å²) in [6.45, 7) is 4.37. The van der Waals surface area contributed by atoms with Crippen LogP contribution in [0.4, 0.5) is 0 Å². The summed E-state index contributed by atoms with van der Waals surface area (Å²) in [6, 6.07) is 15.0. The quantitative estimate of drug-likeness (QED) is 0.655. The van der Waals surface area contributed by atoms with Gasteiger partial charge in [0.25, 0.3) is 0 Å². The van der Waals surface area contributed by atoms with Crippen LogP contribution in [0.25, 0.3) is 16.8 Å². The van der Waals surface area contributed by atoms with Crippen LogP contribution in [-0.2, 0) is 0 Å². The minimum atomic E-state index is 1.11. The molecule has 2 rings (SSSR count). The standard InChI is InChI=1S/C15H16/c1-3-12(2)11-14-9-6-8-13-7-4-5-10-15(13)14/h4-11H,3H2,1-2H3/b12-11+. The van der Waals surface area contributed by atoms with E-state index in [0.717, 1.165) is 6.42 Å². The highest BCUT2D eigenvalue weighted by atomic mass is 14.0. The van der Waals surface area contributed by atoms with E-state index in [-0.39, 0.29) is 0 Å². The Balaban J connectivity index is 2.61. The molecule has 0 nitrogen and oxygen atoms in total. The molecule has 0 aliphatic heterocycles. The van der Waals surface area contributed by atoms with Gasteiger partial charge >= 0.3 is 0 Å². The van der Waals surface area contributed by atoms with Gasteiger partial charge in [0.05, 0.1) is 0 Å². The monoisotopic (exact) mass is 196 g/mol. The van der Waals surface area contributed by atoms with Gasteiger partial charge in [0.1, 0.15) is 0 Å². The van der Waals surface area contributed by atoms with Crippen molar-refractivity contribution in [2.45, 2.75) is 20.3 Å². The zero-order chi connectivity index (χ0) is 10.7. The van der Waals surface area contributed by atoms with E-state index in [1.54, 1.807) is 0 Å². The first kappa shape index (κ1) is 9.97. The van der Waals surface area contributed by atoms with Gasteiger partial charge in [0, 0.05) is 0 Å². The average molecular weight is 196 g/mol. The largest absolute Gasteiger partial charge is 0.0730 e. The molecule has 0 aliphatic rings. The third-order valence-corrected chi connectivity index (χ3v) is 2.78. The molecule has 2 aromatic carbocycles. The van der Waals surface area contributed by atoms with Crippen molar-refractivity contribution in [3.05, 3.63) is 53.6 Å². The average Bonchev–Trinajstić information content (AvgIpc) is 2.29. The van der Waals surface area contributed by atoms with Crippen molar-refractivity contribution in [1.82, 2.24) is 0 Å². The first-order chi connectivity index (χ1) is 7.31. The summed E-state index contributed by atoms with van der Waals surface area (Å²) in [7, 11) is 0. The second-order valence-electron chi connectivity index (χ2n) is 3.91. The molecule has 0 heterocycles. The lowest BCUT2D eigenvalue weighted by Crippen LogP contribution is -1.79.